The molecule has 0 unspecified atom stereocenters. The van der Waals surface area contributed by atoms with Gasteiger partial charge in [0.15, 0.2) is 0 Å². The Bertz CT molecular complexity index is 362. The van der Waals surface area contributed by atoms with Crippen LogP contribution < -0.4 is 0 Å². The van der Waals surface area contributed by atoms with Crippen LogP contribution in [-0.2, 0) is 9.53 Å². The lowest BCUT2D eigenvalue weighted by atomic mass is 10.1. The molecule has 0 aliphatic carbocycles. The third kappa shape index (κ3) is 4.24. The van der Waals surface area contributed by atoms with E-state index in [1.807, 2.05) is 0 Å². The lowest BCUT2D eigenvalue weighted by molar-refractivity contribution is -0.129. The average Bonchev–Trinajstić information content (AvgIpc) is 2.34. The highest BCUT2D eigenvalue weighted by Gasteiger charge is 2.33. The van der Waals surface area contributed by atoms with Crippen LogP contribution in [0.2, 0.25) is 0 Å². The van der Waals surface area contributed by atoms with Gasteiger partial charge in [-0.2, -0.15) is 0 Å². The van der Waals surface area contributed by atoms with Crippen molar-refractivity contribution < 1.29 is 19.4 Å². The summed E-state index contributed by atoms with van der Waals surface area (Å²) in [4.78, 5) is 26.6. The van der Waals surface area contributed by atoms with Gasteiger partial charge in [-0.3, -0.25) is 9.69 Å². The summed E-state index contributed by atoms with van der Waals surface area (Å²) in [6, 6.07) is -0.438. The summed E-state index contributed by atoms with van der Waals surface area (Å²) in [7, 11) is 0. The van der Waals surface area contributed by atoms with E-state index in [1.54, 1.807) is 25.7 Å². The van der Waals surface area contributed by atoms with Gasteiger partial charge in [0.05, 0.1) is 12.6 Å². The molecule has 0 spiro atoms. The summed E-state index contributed by atoms with van der Waals surface area (Å²) in [6.45, 7) is 9.64. The van der Waals surface area contributed by atoms with Gasteiger partial charge in [-0.1, -0.05) is 6.58 Å². The van der Waals surface area contributed by atoms with Gasteiger partial charge in [0, 0.05) is 19.6 Å². The van der Waals surface area contributed by atoms with Crippen molar-refractivity contribution in [2.24, 2.45) is 0 Å². The van der Waals surface area contributed by atoms with E-state index in [1.165, 1.54) is 11.0 Å². The van der Waals surface area contributed by atoms with Crippen LogP contribution in [0.4, 0.5) is 4.79 Å². The molecule has 1 saturated heterocycles. The fourth-order valence-corrected chi connectivity index (χ4v) is 1.90. The number of hydrogen-bond donors (Lipinski definition) is 1. The highest BCUT2D eigenvalue weighted by atomic mass is 16.6. The molecular weight excluding hydrogens is 248 g/mol. The van der Waals surface area contributed by atoms with Crippen molar-refractivity contribution in [2.45, 2.75) is 32.4 Å². The number of carbonyl (C=O) groups excluding carboxylic acids is 2. The molecule has 1 aliphatic rings. The van der Waals surface area contributed by atoms with Crippen LogP contribution in [-0.4, -0.2) is 64.8 Å². The molecule has 0 aromatic carbocycles. The van der Waals surface area contributed by atoms with Crippen LogP contribution >= 0.6 is 0 Å². The van der Waals surface area contributed by atoms with Crippen molar-refractivity contribution >= 4 is 12.0 Å². The van der Waals surface area contributed by atoms with E-state index in [-0.39, 0.29) is 12.5 Å². The fraction of sp³-hybridized carbons (Fsp3) is 0.692. The zero-order valence-corrected chi connectivity index (χ0v) is 11.8. The van der Waals surface area contributed by atoms with Gasteiger partial charge in [0.2, 0.25) is 5.91 Å². The summed E-state index contributed by atoms with van der Waals surface area (Å²) >= 11 is 0. The van der Waals surface area contributed by atoms with Gasteiger partial charge in [0.25, 0.3) is 0 Å². The minimum atomic E-state index is -0.578. The molecule has 0 radical (unpaired) electrons. The minimum absolute atomic E-state index is 0.192. The van der Waals surface area contributed by atoms with E-state index < -0.39 is 17.7 Å². The largest absolute Gasteiger partial charge is 0.444 e. The predicted octanol–water partition coefficient (Wildman–Crippen LogP) is 0.613. The molecule has 0 saturated carbocycles. The molecule has 1 N–H and O–H groups in total. The van der Waals surface area contributed by atoms with E-state index in [4.69, 9.17) is 4.74 Å². The number of aliphatic hydroxyl groups is 1. The second-order valence-electron chi connectivity index (χ2n) is 5.50. The van der Waals surface area contributed by atoms with Crippen molar-refractivity contribution in [1.82, 2.24) is 9.80 Å². The molecule has 108 valence electrons. The second kappa shape index (κ2) is 6.06. The normalized spacial score (nSPS) is 20.1. The fourth-order valence-electron chi connectivity index (χ4n) is 1.90. The number of piperazine rings is 1. The van der Waals surface area contributed by atoms with E-state index in [2.05, 4.69) is 6.58 Å². The Kier molecular flexibility index (Phi) is 4.94. The summed E-state index contributed by atoms with van der Waals surface area (Å²) in [5.41, 5.74) is -0.578. The van der Waals surface area contributed by atoms with Gasteiger partial charge < -0.3 is 14.7 Å². The molecule has 6 heteroatoms. The summed E-state index contributed by atoms with van der Waals surface area (Å²) in [5, 5.41) is 9.37. The average molecular weight is 270 g/mol. The van der Waals surface area contributed by atoms with Crippen LogP contribution in [0.1, 0.15) is 20.8 Å². The number of aliphatic hydroxyl groups excluding tert-OH is 1. The lowest BCUT2D eigenvalue weighted by Gasteiger charge is -2.40. The molecular formula is C13H22N2O4. The Morgan fingerprint density at radius 3 is 2.53 bits per heavy atom. The topological polar surface area (TPSA) is 70.1 Å². The number of hydrogen-bond acceptors (Lipinski definition) is 4. The van der Waals surface area contributed by atoms with E-state index in [0.717, 1.165) is 0 Å². The number of carbonyl (C=O) groups is 2. The zero-order valence-electron chi connectivity index (χ0n) is 11.8. The zero-order chi connectivity index (χ0) is 14.6. The van der Waals surface area contributed by atoms with Crippen molar-refractivity contribution in [3.05, 3.63) is 12.7 Å². The van der Waals surface area contributed by atoms with Gasteiger partial charge in [-0.15, -0.1) is 0 Å². The van der Waals surface area contributed by atoms with Gasteiger partial charge in [0.1, 0.15) is 5.60 Å². The maximum absolute atomic E-state index is 12.0. The van der Waals surface area contributed by atoms with Crippen LogP contribution in [0.5, 0.6) is 0 Å². The molecule has 1 rings (SSSR count). The van der Waals surface area contributed by atoms with E-state index >= 15 is 0 Å². The Morgan fingerprint density at radius 2 is 2.05 bits per heavy atom. The van der Waals surface area contributed by atoms with Crippen molar-refractivity contribution in [3.63, 3.8) is 0 Å². The Morgan fingerprint density at radius 1 is 1.42 bits per heavy atom. The molecule has 1 fully saturated rings. The highest BCUT2D eigenvalue weighted by molar-refractivity contribution is 5.87. The predicted molar refractivity (Wildman–Crippen MR) is 70.6 cm³/mol. The highest BCUT2D eigenvalue weighted by Crippen LogP contribution is 2.15. The molecule has 2 amide bonds. The van der Waals surface area contributed by atoms with Crippen LogP contribution in [0.15, 0.2) is 12.7 Å². The molecule has 6 nitrogen and oxygen atoms in total. The summed E-state index contributed by atoms with van der Waals surface area (Å²) < 4.78 is 5.28. The third-order valence-electron chi connectivity index (χ3n) is 2.81. The van der Waals surface area contributed by atoms with E-state index in [9.17, 15) is 14.7 Å². The molecule has 0 aromatic rings. The van der Waals surface area contributed by atoms with Crippen LogP contribution in [0.25, 0.3) is 0 Å². The van der Waals surface area contributed by atoms with Crippen molar-refractivity contribution in [1.29, 1.82) is 0 Å². The van der Waals surface area contributed by atoms with Gasteiger partial charge in [-0.25, -0.2) is 4.79 Å². The van der Waals surface area contributed by atoms with Crippen molar-refractivity contribution in [3.8, 4) is 0 Å². The lowest BCUT2D eigenvalue weighted by Crippen LogP contribution is -2.58. The first-order valence-electron chi connectivity index (χ1n) is 6.30. The minimum Gasteiger partial charge on any atom is -0.444 e. The Balaban J connectivity index is 2.69. The van der Waals surface area contributed by atoms with E-state index in [0.29, 0.717) is 19.6 Å². The first kappa shape index (κ1) is 15.5. The molecule has 1 heterocycles. The Labute approximate surface area is 113 Å². The molecule has 1 aliphatic heterocycles. The first-order chi connectivity index (χ1) is 8.78. The maximum atomic E-state index is 12.0. The SMILES string of the molecule is C=CC(=O)N1CCN(C(=O)OC(C)(C)C)[C@@H](CO)C1. The summed E-state index contributed by atoms with van der Waals surface area (Å²) in [6.07, 6.45) is 0.773. The number of nitrogens with zero attached hydrogens (tertiary/aromatic N) is 2. The monoisotopic (exact) mass is 270 g/mol. The number of ether oxygens (including phenoxy) is 1. The second-order valence-corrected chi connectivity index (χ2v) is 5.50. The first-order valence-corrected chi connectivity index (χ1v) is 6.30. The Hall–Kier alpha value is -1.56. The maximum Gasteiger partial charge on any atom is 0.410 e. The molecule has 0 aromatic heterocycles. The summed E-state index contributed by atoms with van der Waals surface area (Å²) in [5.74, 6) is -0.192. The van der Waals surface area contributed by atoms with Crippen molar-refractivity contribution in [2.75, 3.05) is 26.2 Å². The quantitative estimate of drug-likeness (QED) is 0.746. The molecule has 0 bridgehead atoms. The third-order valence-corrected chi connectivity index (χ3v) is 2.81. The van der Waals surface area contributed by atoms with Gasteiger partial charge >= 0.3 is 6.09 Å². The smallest absolute Gasteiger partial charge is 0.410 e. The number of amides is 2. The van der Waals surface area contributed by atoms with Crippen LogP contribution in [0, 0.1) is 0 Å². The molecule has 19 heavy (non-hydrogen) atoms. The number of rotatable bonds is 2. The molecule has 1 atom stereocenters. The van der Waals surface area contributed by atoms with Crippen LogP contribution in [0.3, 0.4) is 0 Å². The van der Waals surface area contributed by atoms with Gasteiger partial charge in [-0.05, 0) is 26.8 Å². The standard InChI is InChI=1S/C13H22N2O4/c1-5-11(17)14-6-7-15(10(8-14)9-16)12(18)19-13(2,3)4/h5,10,16H,1,6-9H2,2-4H3/t10-/m1/s1.